The predicted octanol–water partition coefficient (Wildman–Crippen LogP) is 3.33. The number of nitrogens with one attached hydrogen (secondary N) is 1. The third-order valence-electron chi connectivity index (χ3n) is 6.41. The number of ether oxygens (including phenoxy) is 1. The van der Waals surface area contributed by atoms with Crippen molar-refractivity contribution in [2.45, 2.75) is 87.9 Å². The summed E-state index contributed by atoms with van der Waals surface area (Å²) in [5.41, 5.74) is 0.679. The summed E-state index contributed by atoms with van der Waals surface area (Å²) < 4.78 is 6.47. The van der Waals surface area contributed by atoms with Crippen LogP contribution >= 0.6 is 0 Å². The van der Waals surface area contributed by atoms with E-state index in [0.29, 0.717) is 11.6 Å². The lowest BCUT2D eigenvalue weighted by Gasteiger charge is -2.37. The minimum absolute atomic E-state index is 0.275. The molecule has 3 rings (SSSR count). The van der Waals surface area contributed by atoms with E-state index in [4.69, 9.17) is 4.74 Å². The number of hydrogen-bond donors (Lipinski definition) is 1. The van der Waals surface area contributed by atoms with Gasteiger partial charge in [-0.15, -0.1) is 0 Å². The second kappa shape index (κ2) is 6.55. The van der Waals surface area contributed by atoms with E-state index in [1.165, 1.54) is 70.6 Å². The molecule has 21 heavy (non-hydrogen) atoms. The molecule has 0 aromatic rings. The SMILES string of the molecule is CN(C)C1(CNCC2CCC3(CCCCC3)O2)CCCC1. The van der Waals surface area contributed by atoms with E-state index < -0.39 is 0 Å². The molecule has 3 nitrogen and oxygen atoms in total. The van der Waals surface area contributed by atoms with Crippen LogP contribution in [-0.4, -0.2) is 49.3 Å². The Morgan fingerprint density at radius 2 is 1.62 bits per heavy atom. The zero-order valence-corrected chi connectivity index (χ0v) is 14.1. The van der Waals surface area contributed by atoms with Crippen molar-refractivity contribution in [3.63, 3.8) is 0 Å². The standard InChI is InChI=1S/C18H34N2O/c1-20(2)17(9-6-7-10-17)15-19-14-16-8-13-18(21-16)11-4-3-5-12-18/h16,19H,3-15H2,1-2H3. The molecule has 3 fully saturated rings. The Balaban J connectivity index is 1.44. The molecule has 0 amide bonds. The first-order valence-corrected chi connectivity index (χ1v) is 9.20. The molecule has 1 heterocycles. The number of hydrogen-bond acceptors (Lipinski definition) is 3. The molecule has 1 N–H and O–H groups in total. The minimum Gasteiger partial charge on any atom is -0.370 e. The molecule has 122 valence electrons. The van der Waals surface area contributed by atoms with Crippen molar-refractivity contribution >= 4 is 0 Å². The van der Waals surface area contributed by atoms with Gasteiger partial charge in [0, 0.05) is 18.6 Å². The van der Waals surface area contributed by atoms with Gasteiger partial charge in [0.1, 0.15) is 0 Å². The highest BCUT2D eigenvalue weighted by Gasteiger charge is 2.41. The Bertz CT molecular complexity index is 330. The normalized spacial score (nSPS) is 31.3. The van der Waals surface area contributed by atoms with E-state index >= 15 is 0 Å². The van der Waals surface area contributed by atoms with Gasteiger partial charge in [-0.05, 0) is 52.6 Å². The molecular formula is C18H34N2O. The summed E-state index contributed by atoms with van der Waals surface area (Å²) >= 11 is 0. The van der Waals surface area contributed by atoms with Gasteiger partial charge in [0.2, 0.25) is 0 Å². The summed E-state index contributed by atoms with van der Waals surface area (Å²) in [4.78, 5) is 2.45. The molecule has 0 bridgehead atoms. The second-order valence-electron chi connectivity index (χ2n) is 7.98. The molecule has 0 aromatic carbocycles. The average molecular weight is 294 g/mol. The highest BCUT2D eigenvalue weighted by Crippen LogP contribution is 2.41. The van der Waals surface area contributed by atoms with Gasteiger partial charge in [0.05, 0.1) is 11.7 Å². The van der Waals surface area contributed by atoms with Gasteiger partial charge >= 0.3 is 0 Å². The zero-order valence-electron chi connectivity index (χ0n) is 14.1. The molecule has 1 saturated heterocycles. The molecule has 1 unspecified atom stereocenters. The van der Waals surface area contributed by atoms with E-state index in [-0.39, 0.29) is 5.60 Å². The topological polar surface area (TPSA) is 24.5 Å². The lowest BCUT2D eigenvalue weighted by molar-refractivity contribution is -0.0629. The van der Waals surface area contributed by atoms with Crippen LogP contribution in [-0.2, 0) is 4.74 Å². The van der Waals surface area contributed by atoms with Crippen LogP contribution in [0.2, 0.25) is 0 Å². The van der Waals surface area contributed by atoms with E-state index in [2.05, 4.69) is 24.3 Å². The third kappa shape index (κ3) is 3.46. The molecule has 0 aromatic heterocycles. The van der Waals surface area contributed by atoms with Crippen molar-refractivity contribution in [3.05, 3.63) is 0 Å². The van der Waals surface area contributed by atoms with Gasteiger partial charge in [0.25, 0.3) is 0 Å². The van der Waals surface area contributed by atoms with Gasteiger partial charge < -0.3 is 15.0 Å². The Morgan fingerprint density at radius 1 is 0.952 bits per heavy atom. The van der Waals surface area contributed by atoms with Crippen LogP contribution in [0.4, 0.5) is 0 Å². The molecule has 3 heteroatoms. The van der Waals surface area contributed by atoms with Crippen molar-refractivity contribution in [1.82, 2.24) is 10.2 Å². The summed E-state index contributed by atoms with van der Waals surface area (Å²) in [6.45, 7) is 2.18. The highest BCUT2D eigenvalue weighted by molar-refractivity contribution is 4.96. The van der Waals surface area contributed by atoms with Gasteiger partial charge in [0.15, 0.2) is 0 Å². The summed E-state index contributed by atoms with van der Waals surface area (Å²) in [6, 6.07) is 0. The fraction of sp³-hybridized carbons (Fsp3) is 1.00. The fourth-order valence-electron chi connectivity index (χ4n) is 4.88. The molecule has 1 aliphatic heterocycles. The first kappa shape index (κ1) is 15.8. The molecule has 2 aliphatic carbocycles. The summed E-state index contributed by atoms with van der Waals surface area (Å²) in [6.07, 6.45) is 15.3. The van der Waals surface area contributed by atoms with E-state index in [9.17, 15) is 0 Å². The maximum Gasteiger partial charge on any atom is 0.0708 e. The maximum absolute atomic E-state index is 6.47. The molecule has 0 radical (unpaired) electrons. The third-order valence-corrected chi connectivity index (χ3v) is 6.41. The van der Waals surface area contributed by atoms with Crippen molar-refractivity contribution in [2.24, 2.45) is 0 Å². The second-order valence-corrected chi connectivity index (χ2v) is 7.98. The summed E-state index contributed by atoms with van der Waals surface area (Å²) in [5, 5.41) is 3.75. The Morgan fingerprint density at radius 3 is 2.29 bits per heavy atom. The van der Waals surface area contributed by atoms with Gasteiger partial charge in [-0.25, -0.2) is 0 Å². The number of likely N-dealkylation sites (N-methyl/N-ethyl adjacent to an activating group) is 1. The van der Waals surface area contributed by atoms with Gasteiger partial charge in [-0.3, -0.25) is 0 Å². The van der Waals surface area contributed by atoms with Crippen molar-refractivity contribution in [1.29, 1.82) is 0 Å². The van der Waals surface area contributed by atoms with E-state index in [1.807, 2.05) is 0 Å². The molecule has 1 atom stereocenters. The maximum atomic E-state index is 6.47. The lowest BCUT2D eigenvalue weighted by atomic mass is 9.83. The highest BCUT2D eigenvalue weighted by atomic mass is 16.5. The molecule has 2 saturated carbocycles. The predicted molar refractivity (Wildman–Crippen MR) is 87.7 cm³/mol. The largest absolute Gasteiger partial charge is 0.370 e. The van der Waals surface area contributed by atoms with Crippen LogP contribution in [0.1, 0.15) is 70.6 Å². The van der Waals surface area contributed by atoms with Crippen LogP contribution in [0.3, 0.4) is 0 Å². The van der Waals surface area contributed by atoms with Crippen LogP contribution < -0.4 is 5.32 Å². The summed E-state index contributed by atoms with van der Waals surface area (Å²) in [5.74, 6) is 0. The van der Waals surface area contributed by atoms with Crippen molar-refractivity contribution in [2.75, 3.05) is 27.2 Å². The Hall–Kier alpha value is -0.120. The number of nitrogens with zero attached hydrogens (tertiary/aromatic N) is 1. The Labute approximate surface area is 130 Å². The first-order valence-electron chi connectivity index (χ1n) is 9.20. The zero-order chi connectivity index (χ0) is 14.8. The average Bonchev–Trinajstić information content (AvgIpc) is 3.09. The van der Waals surface area contributed by atoms with E-state index in [0.717, 1.165) is 13.1 Å². The van der Waals surface area contributed by atoms with Crippen molar-refractivity contribution < 1.29 is 4.74 Å². The number of rotatable bonds is 5. The van der Waals surface area contributed by atoms with Crippen LogP contribution in [0.25, 0.3) is 0 Å². The molecule has 3 aliphatic rings. The Kier molecular flexibility index (Phi) is 4.92. The van der Waals surface area contributed by atoms with Gasteiger partial charge in [-0.1, -0.05) is 32.1 Å². The lowest BCUT2D eigenvalue weighted by Crippen LogP contribution is -2.50. The van der Waals surface area contributed by atoms with Crippen molar-refractivity contribution in [3.8, 4) is 0 Å². The summed E-state index contributed by atoms with van der Waals surface area (Å²) in [7, 11) is 4.49. The molecular weight excluding hydrogens is 260 g/mol. The van der Waals surface area contributed by atoms with Crippen LogP contribution in [0.5, 0.6) is 0 Å². The smallest absolute Gasteiger partial charge is 0.0708 e. The first-order chi connectivity index (χ1) is 10.1. The van der Waals surface area contributed by atoms with E-state index in [1.54, 1.807) is 0 Å². The fourth-order valence-corrected chi connectivity index (χ4v) is 4.88. The molecule has 1 spiro atoms. The van der Waals surface area contributed by atoms with Gasteiger partial charge in [-0.2, -0.15) is 0 Å². The minimum atomic E-state index is 0.275. The monoisotopic (exact) mass is 294 g/mol. The van der Waals surface area contributed by atoms with Crippen LogP contribution in [0.15, 0.2) is 0 Å². The van der Waals surface area contributed by atoms with Crippen LogP contribution in [0, 0.1) is 0 Å². The quantitative estimate of drug-likeness (QED) is 0.842.